The molecule has 0 aliphatic carbocycles. The minimum absolute atomic E-state index is 0.298. The van der Waals surface area contributed by atoms with Crippen LogP contribution in [0, 0.1) is 0 Å². The van der Waals surface area contributed by atoms with Crippen LogP contribution in [0.15, 0.2) is 16.7 Å². The number of nitrogens with one attached hydrogen (secondary N) is 1. The molecule has 1 aliphatic heterocycles. The topological polar surface area (TPSA) is 42.0 Å². The summed E-state index contributed by atoms with van der Waals surface area (Å²) in [5.74, 6) is 0.209. The van der Waals surface area contributed by atoms with E-state index in [9.17, 15) is 4.79 Å². The van der Waals surface area contributed by atoms with Gasteiger partial charge in [0.05, 0.1) is 4.22 Å². The molecule has 1 aromatic heterocycles. The van der Waals surface area contributed by atoms with Crippen LogP contribution in [0.3, 0.4) is 0 Å². The van der Waals surface area contributed by atoms with Gasteiger partial charge in [0.1, 0.15) is 13.7 Å². The van der Waals surface area contributed by atoms with Gasteiger partial charge in [0.2, 0.25) is 5.91 Å². The van der Waals surface area contributed by atoms with Gasteiger partial charge in [-0.05, 0) is 22.0 Å². The smallest absolute Gasteiger partial charge is 0.237 e. The van der Waals surface area contributed by atoms with Crippen molar-refractivity contribution in [1.29, 1.82) is 0 Å². The standard InChI is InChI=1S/C7H3BBr2N2O/c8-7(10)4-1-3(9)2-11-5(4)12-6(7)13/h1-2H,(H,11,12,13). The number of aromatic nitrogens is 1. The van der Waals surface area contributed by atoms with E-state index < -0.39 is 4.22 Å². The first-order valence-corrected chi connectivity index (χ1v) is 5.05. The predicted molar refractivity (Wildman–Crippen MR) is 56.9 cm³/mol. The molecule has 0 fully saturated rings. The molecule has 64 valence electrons. The van der Waals surface area contributed by atoms with Crippen LogP contribution < -0.4 is 5.32 Å². The number of halogens is 2. The zero-order valence-electron chi connectivity index (χ0n) is 6.34. The second kappa shape index (κ2) is 2.82. The summed E-state index contributed by atoms with van der Waals surface area (Å²) in [5, 5.41) is 2.57. The van der Waals surface area contributed by atoms with Crippen LogP contribution in [0.25, 0.3) is 0 Å². The third-order valence-electron chi connectivity index (χ3n) is 1.81. The van der Waals surface area contributed by atoms with Gasteiger partial charge in [-0.25, -0.2) is 4.98 Å². The van der Waals surface area contributed by atoms with Gasteiger partial charge in [0.25, 0.3) is 0 Å². The Balaban J connectivity index is 2.64. The molecule has 1 amide bonds. The number of anilines is 1. The van der Waals surface area contributed by atoms with Crippen LogP contribution in [0.2, 0.25) is 0 Å². The Labute approximate surface area is 93.0 Å². The highest BCUT2D eigenvalue weighted by molar-refractivity contribution is 9.10. The van der Waals surface area contributed by atoms with E-state index in [1.165, 1.54) is 0 Å². The number of carbonyl (C=O) groups excluding carboxylic acids is 1. The fraction of sp³-hybridized carbons (Fsp3) is 0.143. The van der Waals surface area contributed by atoms with Crippen LogP contribution in [0.4, 0.5) is 5.82 Å². The van der Waals surface area contributed by atoms with Crippen molar-refractivity contribution in [3.8, 4) is 0 Å². The van der Waals surface area contributed by atoms with E-state index in [0.29, 0.717) is 11.4 Å². The molecule has 0 saturated heterocycles. The summed E-state index contributed by atoms with van der Waals surface area (Å²) in [7, 11) is 5.75. The highest BCUT2D eigenvalue weighted by atomic mass is 79.9. The quantitative estimate of drug-likeness (QED) is 0.583. The first kappa shape index (κ1) is 9.21. The number of alkyl halides is 1. The van der Waals surface area contributed by atoms with Gasteiger partial charge < -0.3 is 5.32 Å². The molecule has 2 rings (SSSR count). The van der Waals surface area contributed by atoms with E-state index in [2.05, 4.69) is 42.2 Å². The fourth-order valence-corrected chi connectivity index (χ4v) is 1.87. The molecule has 1 atom stereocenters. The minimum atomic E-state index is -1.15. The molecule has 0 bridgehead atoms. The largest absolute Gasteiger partial charge is 0.310 e. The van der Waals surface area contributed by atoms with Crippen molar-refractivity contribution in [1.82, 2.24) is 4.98 Å². The van der Waals surface area contributed by atoms with E-state index in [4.69, 9.17) is 7.85 Å². The molecule has 1 aliphatic rings. The summed E-state index contributed by atoms with van der Waals surface area (Å²) in [6.45, 7) is 0. The zero-order chi connectivity index (χ0) is 9.64. The van der Waals surface area contributed by atoms with Gasteiger partial charge in [-0.15, -0.1) is 0 Å². The summed E-state index contributed by atoms with van der Waals surface area (Å²) >= 11 is 6.40. The molecule has 0 aromatic carbocycles. The van der Waals surface area contributed by atoms with Crippen molar-refractivity contribution >= 4 is 51.4 Å². The maximum Gasteiger partial charge on any atom is 0.237 e. The van der Waals surface area contributed by atoms with Crippen molar-refractivity contribution < 1.29 is 4.79 Å². The Morgan fingerprint density at radius 1 is 1.62 bits per heavy atom. The van der Waals surface area contributed by atoms with E-state index in [1.807, 2.05) is 0 Å². The van der Waals surface area contributed by atoms with Gasteiger partial charge in [-0.3, -0.25) is 4.79 Å². The third kappa shape index (κ3) is 1.32. The number of nitrogens with zero attached hydrogens (tertiary/aromatic N) is 1. The van der Waals surface area contributed by atoms with Gasteiger partial charge in [0, 0.05) is 16.2 Å². The fourth-order valence-electron chi connectivity index (χ4n) is 1.14. The number of amides is 1. The van der Waals surface area contributed by atoms with Gasteiger partial charge >= 0.3 is 0 Å². The van der Waals surface area contributed by atoms with E-state index in [0.717, 1.165) is 4.47 Å². The summed E-state index contributed by atoms with van der Waals surface area (Å²) in [6.07, 6.45) is 1.60. The number of fused-ring (bicyclic) bond motifs is 1. The van der Waals surface area contributed by atoms with E-state index in [-0.39, 0.29) is 5.91 Å². The van der Waals surface area contributed by atoms with Crippen molar-refractivity contribution in [3.05, 3.63) is 22.3 Å². The predicted octanol–water partition coefficient (Wildman–Crippen LogP) is 1.51. The number of rotatable bonds is 0. The SMILES string of the molecule is [B]C1(Br)C(=O)Nc2ncc(Br)cc21. The molecule has 13 heavy (non-hydrogen) atoms. The number of pyridine rings is 1. The second-order valence-corrected chi connectivity index (χ2v) is 4.88. The molecule has 6 heteroatoms. The first-order chi connectivity index (χ1) is 6.01. The van der Waals surface area contributed by atoms with Crippen molar-refractivity contribution in [2.75, 3.05) is 5.32 Å². The molecular weight excluding hydrogens is 299 g/mol. The van der Waals surface area contributed by atoms with Crippen molar-refractivity contribution in [2.45, 2.75) is 4.22 Å². The zero-order valence-corrected chi connectivity index (χ0v) is 9.52. The third-order valence-corrected chi connectivity index (χ3v) is 3.03. The van der Waals surface area contributed by atoms with Crippen molar-refractivity contribution in [2.24, 2.45) is 0 Å². The summed E-state index contributed by atoms with van der Waals surface area (Å²) < 4.78 is -0.365. The summed E-state index contributed by atoms with van der Waals surface area (Å²) in [4.78, 5) is 15.3. The molecule has 1 unspecified atom stereocenters. The number of hydrogen-bond acceptors (Lipinski definition) is 2. The molecular formula is C7H3BBr2N2O. The summed E-state index contributed by atoms with van der Waals surface area (Å²) in [6, 6.07) is 1.76. The second-order valence-electron chi connectivity index (χ2n) is 2.72. The highest BCUT2D eigenvalue weighted by Crippen LogP contribution is 2.39. The minimum Gasteiger partial charge on any atom is -0.310 e. The molecule has 1 N–H and O–H groups in total. The first-order valence-electron chi connectivity index (χ1n) is 3.47. The van der Waals surface area contributed by atoms with Crippen LogP contribution in [-0.4, -0.2) is 18.7 Å². The van der Waals surface area contributed by atoms with Crippen LogP contribution in [0.1, 0.15) is 5.56 Å². The Kier molecular flexibility index (Phi) is 2.00. The Bertz CT molecular complexity index is 394. The lowest BCUT2D eigenvalue weighted by Gasteiger charge is -2.12. The highest BCUT2D eigenvalue weighted by Gasteiger charge is 2.40. The van der Waals surface area contributed by atoms with E-state index in [1.54, 1.807) is 12.3 Å². The van der Waals surface area contributed by atoms with Gasteiger partial charge in [0.15, 0.2) is 0 Å². The van der Waals surface area contributed by atoms with Crippen molar-refractivity contribution in [3.63, 3.8) is 0 Å². The monoisotopic (exact) mass is 300 g/mol. The lowest BCUT2D eigenvalue weighted by atomic mass is 9.82. The van der Waals surface area contributed by atoms with Crippen LogP contribution in [0.5, 0.6) is 0 Å². The van der Waals surface area contributed by atoms with Crippen LogP contribution in [-0.2, 0) is 9.02 Å². The maximum atomic E-state index is 11.3. The molecule has 1 aromatic rings. The van der Waals surface area contributed by atoms with Gasteiger partial charge in [-0.2, -0.15) is 0 Å². The Hall–Kier alpha value is -0.355. The van der Waals surface area contributed by atoms with E-state index >= 15 is 0 Å². The number of carbonyl (C=O) groups is 1. The number of hydrogen-bond donors (Lipinski definition) is 1. The van der Waals surface area contributed by atoms with Crippen LogP contribution >= 0.6 is 31.9 Å². The Morgan fingerprint density at radius 3 is 3.00 bits per heavy atom. The molecule has 0 saturated carbocycles. The molecule has 2 radical (unpaired) electrons. The van der Waals surface area contributed by atoms with Gasteiger partial charge in [-0.1, -0.05) is 15.9 Å². The average Bonchev–Trinajstić information content (AvgIpc) is 2.27. The lowest BCUT2D eigenvalue weighted by Crippen LogP contribution is -2.27. The summed E-state index contributed by atoms with van der Waals surface area (Å²) in [5.41, 5.74) is 0.645. The average molecular weight is 302 g/mol. The Morgan fingerprint density at radius 2 is 2.31 bits per heavy atom. The molecule has 0 spiro atoms. The normalized spacial score (nSPS) is 25.5. The lowest BCUT2D eigenvalue weighted by molar-refractivity contribution is -0.116. The molecule has 2 heterocycles. The maximum absolute atomic E-state index is 11.3. The molecule has 3 nitrogen and oxygen atoms in total.